The van der Waals surface area contributed by atoms with Crippen molar-refractivity contribution < 1.29 is 17.1 Å². The Balaban J connectivity index is 0.000000711. The Hall–Kier alpha value is -0.781. The van der Waals surface area contributed by atoms with E-state index in [2.05, 4.69) is 65.8 Å². The molecule has 0 radical (unpaired) electrons. The summed E-state index contributed by atoms with van der Waals surface area (Å²) in [7, 11) is 0. The molecule has 0 saturated carbocycles. The quantitative estimate of drug-likeness (QED) is 0.135. The van der Waals surface area contributed by atoms with Crippen LogP contribution < -0.4 is 0 Å². The van der Waals surface area contributed by atoms with E-state index in [1.165, 1.54) is 116 Å². The Kier molecular flexibility index (Phi) is 21.9. The smallest absolute Gasteiger partial charge is 0.210 e. The number of aryl methyl sites for hydroxylation is 4. The van der Waals surface area contributed by atoms with Gasteiger partial charge < -0.3 is 0 Å². The summed E-state index contributed by atoms with van der Waals surface area (Å²) in [6.07, 6.45) is 23.8. The van der Waals surface area contributed by atoms with Gasteiger partial charge in [-0.1, -0.05) is 157 Å². The van der Waals surface area contributed by atoms with Crippen molar-refractivity contribution in [3.05, 3.63) is 57.6 Å². The Morgan fingerprint density at radius 2 is 1.11 bits per heavy atom. The van der Waals surface area contributed by atoms with Crippen molar-refractivity contribution in [2.45, 2.75) is 157 Å². The molecule has 0 nitrogen and oxygen atoms in total. The van der Waals surface area contributed by atoms with Gasteiger partial charge in [0.2, 0.25) is 0 Å². The second-order valence-electron chi connectivity index (χ2n) is 10.3. The molecule has 1 heteroatoms. The van der Waals surface area contributed by atoms with Gasteiger partial charge in [-0.3, -0.25) is 0 Å². The van der Waals surface area contributed by atoms with Crippen LogP contribution in [0.5, 0.6) is 0 Å². The standard InChI is InChI=1S/C21H37.C13H21.Fe/c1-5-9-13-18-17-19(14-10-6-2)21(16-12-8-4)20(18)15-11-7-3;1-3-5-8-12-10-7-11-13(12)9-6-4-2;/h17H,5-16H2,1-4H3;7,10-11H,3-6,8-9H2,1-2H3;/q2*-1;+2. The summed E-state index contributed by atoms with van der Waals surface area (Å²) in [4.78, 5) is 0. The van der Waals surface area contributed by atoms with Crippen molar-refractivity contribution in [2.24, 2.45) is 0 Å². The SMILES string of the molecule is CCCCc1cc(CCCC)[c-](CCCC)c1CCCC.CCCCc1cc[cH-]c1CCCC.[Fe+2]. The first kappa shape index (κ1) is 34.2. The van der Waals surface area contributed by atoms with Gasteiger partial charge in [-0.05, 0) is 0 Å². The van der Waals surface area contributed by atoms with Gasteiger partial charge in [0.15, 0.2) is 0 Å². The summed E-state index contributed by atoms with van der Waals surface area (Å²) >= 11 is 0. The molecule has 0 amide bonds. The minimum atomic E-state index is 0. The van der Waals surface area contributed by atoms with Crippen LogP contribution in [0, 0.1) is 0 Å². The number of rotatable bonds is 18. The summed E-state index contributed by atoms with van der Waals surface area (Å²) < 4.78 is 0. The van der Waals surface area contributed by atoms with Crippen molar-refractivity contribution >= 4 is 0 Å². The summed E-state index contributed by atoms with van der Waals surface area (Å²) in [6, 6.07) is 9.37. The molecule has 0 fully saturated rings. The van der Waals surface area contributed by atoms with E-state index in [1.807, 2.05) is 0 Å². The second kappa shape index (κ2) is 22.4. The Morgan fingerprint density at radius 1 is 0.600 bits per heavy atom. The van der Waals surface area contributed by atoms with Crippen molar-refractivity contribution in [2.75, 3.05) is 0 Å². The summed E-state index contributed by atoms with van der Waals surface area (Å²) in [6.45, 7) is 13.8. The number of hydrogen-bond acceptors (Lipinski definition) is 0. The van der Waals surface area contributed by atoms with Crippen LogP contribution in [-0.2, 0) is 55.6 Å². The number of unbranched alkanes of at least 4 members (excludes halogenated alkanes) is 6. The van der Waals surface area contributed by atoms with Gasteiger partial charge >= 0.3 is 17.1 Å². The predicted octanol–water partition coefficient (Wildman–Crippen LogP) is 10.9. The van der Waals surface area contributed by atoms with Gasteiger partial charge in [-0.2, -0.15) is 45.5 Å². The fourth-order valence-corrected chi connectivity index (χ4v) is 5.00. The zero-order valence-corrected chi connectivity index (χ0v) is 25.5. The molecule has 0 spiro atoms. The van der Waals surface area contributed by atoms with Crippen molar-refractivity contribution in [3.8, 4) is 0 Å². The van der Waals surface area contributed by atoms with Crippen LogP contribution in [0.3, 0.4) is 0 Å². The third-order valence-corrected chi connectivity index (χ3v) is 7.25. The monoisotopic (exact) mass is 522 g/mol. The van der Waals surface area contributed by atoms with E-state index < -0.39 is 0 Å². The van der Waals surface area contributed by atoms with E-state index in [1.54, 1.807) is 33.4 Å². The van der Waals surface area contributed by atoms with Crippen molar-refractivity contribution in [1.82, 2.24) is 0 Å². The van der Waals surface area contributed by atoms with Crippen molar-refractivity contribution in [1.29, 1.82) is 0 Å². The average molecular weight is 523 g/mol. The molecule has 2 aromatic carbocycles. The molecular formula is C34H58Fe. The van der Waals surface area contributed by atoms with Gasteiger partial charge in [0.05, 0.1) is 0 Å². The van der Waals surface area contributed by atoms with Gasteiger partial charge in [0, 0.05) is 0 Å². The third kappa shape index (κ3) is 13.4. The van der Waals surface area contributed by atoms with E-state index in [4.69, 9.17) is 0 Å². The maximum absolute atomic E-state index is 2.58. The Morgan fingerprint density at radius 3 is 1.71 bits per heavy atom. The van der Waals surface area contributed by atoms with Crippen LogP contribution in [0.2, 0.25) is 0 Å². The van der Waals surface area contributed by atoms with E-state index in [9.17, 15) is 0 Å². The molecule has 0 heterocycles. The van der Waals surface area contributed by atoms with E-state index in [0.29, 0.717) is 0 Å². The molecule has 0 saturated heterocycles. The predicted molar refractivity (Wildman–Crippen MR) is 156 cm³/mol. The Bertz CT molecular complexity index is 660. The van der Waals surface area contributed by atoms with Crippen molar-refractivity contribution in [3.63, 3.8) is 0 Å². The zero-order chi connectivity index (χ0) is 25.0. The Labute approximate surface area is 231 Å². The molecular weight excluding hydrogens is 464 g/mol. The summed E-state index contributed by atoms with van der Waals surface area (Å²) in [5.74, 6) is 0. The fourth-order valence-electron chi connectivity index (χ4n) is 5.00. The summed E-state index contributed by atoms with van der Waals surface area (Å²) in [5.41, 5.74) is 10.1. The zero-order valence-electron chi connectivity index (χ0n) is 24.4. The topological polar surface area (TPSA) is 0 Å². The molecule has 2 rings (SSSR count). The van der Waals surface area contributed by atoms with Gasteiger partial charge in [-0.25, -0.2) is 12.1 Å². The molecule has 0 aliphatic carbocycles. The molecule has 0 N–H and O–H groups in total. The average Bonchev–Trinajstić information content (AvgIpc) is 3.44. The maximum Gasteiger partial charge on any atom is 2.00 e. The van der Waals surface area contributed by atoms with Gasteiger partial charge in [0.1, 0.15) is 0 Å². The van der Waals surface area contributed by atoms with Crippen LogP contribution in [0.4, 0.5) is 0 Å². The first-order valence-corrected chi connectivity index (χ1v) is 15.2. The fraction of sp³-hybridized carbons (Fsp3) is 0.706. The molecule has 2 aromatic rings. The minimum absolute atomic E-state index is 0. The van der Waals surface area contributed by atoms with E-state index in [0.717, 1.165) is 0 Å². The molecule has 35 heavy (non-hydrogen) atoms. The van der Waals surface area contributed by atoms with Crippen LogP contribution in [0.15, 0.2) is 24.3 Å². The molecule has 202 valence electrons. The molecule has 0 aliphatic rings. The van der Waals surface area contributed by atoms with Crippen LogP contribution in [-0.4, -0.2) is 0 Å². The minimum Gasteiger partial charge on any atom is -0.210 e. The van der Waals surface area contributed by atoms with Crippen LogP contribution >= 0.6 is 0 Å². The maximum atomic E-state index is 2.58. The van der Waals surface area contributed by atoms with E-state index in [-0.39, 0.29) is 17.1 Å². The molecule has 0 aliphatic heterocycles. The second-order valence-corrected chi connectivity index (χ2v) is 10.3. The normalized spacial score (nSPS) is 10.7. The van der Waals surface area contributed by atoms with Gasteiger partial charge in [0.25, 0.3) is 0 Å². The third-order valence-electron chi connectivity index (χ3n) is 7.25. The first-order chi connectivity index (χ1) is 16.7. The molecule has 0 unspecified atom stereocenters. The molecule has 0 aromatic heterocycles. The summed E-state index contributed by atoms with van der Waals surface area (Å²) in [5, 5.41) is 0. The van der Waals surface area contributed by atoms with Crippen LogP contribution in [0.1, 0.15) is 152 Å². The van der Waals surface area contributed by atoms with E-state index >= 15 is 0 Å². The largest absolute Gasteiger partial charge is 2.00 e. The first-order valence-electron chi connectivity index (χ1n) is 15.2. The molecule has 0 atom stereocenters. The number of hydrogen-bond donors (Lipinski definition) is 0. The molecule has 0 bridgehead atoms. The van der Waals surface area contributed by atoms with Crippen LogP contribution in [0.25, 0.3) is 0 Å². The van der Waals surface area contributed by atoms with Gasteiger partial charge in [-0.15, -0.1) is 0 Å².